The van der Waals surface area contributed by atoms with Crippen molar-refractivity contribution in [2.24, 2.45) is 0 Å². The highest BCUT2D eigenvalue weighted by Gasteiger charge is 2.46. The second kappa shape index (κ2) is 14.9. The van der Waals surface area contributed by atoms with Gasteiger partial charge in [-0.25, -0.2) is 0 Å². The van der Waals surface area contributed by atoms with E-state index in [0.717, 1.165) is 22.6 Å². The minimum Gasteiger partial charge on any atom is -0.309 e. The Morgan fingerprint density at radius 1 is 0.267 bits per heavy atom. The summed E-state index contributed by atoms with van der Waals surface area (Å²) in [6.07, 6.45) is 0. The molecule has 0 radical (unpaired) electrons. The van der Waals surface area contributed by atoms with Gasteiger partial charge in [0, 0.05) is 16.8 Å². The zero-order valence-corrected chi connectivity index (χ0v) is 33.1. The van der Waals surface area contributed by atoms with Crippen LogP contribution in [0, 0.1) is 0 Å². The monoisotopic (exact) mass is 763 g/mol. The average Bonchev–Trinajstić information content (AvgIpc) is 3.63. The molecule has 0 aromatic heterocycles. The number of hydrogen-bond donors (Lipinski definition) is 0. The zero-order chi connectivity index (χ0) is 39.9. The van der Waals surface area contributed by atoms with Crippen LogP contribution in [0.25, 0.3) is 55.3 Å². The van der Waals surface area contributed by atoms with Gasteiger partial charge in [0.1, 0.15) is 0 Å². The van der Waals surface area contributed by atoms with E-state index in [9.17, 15) is 0 Å². The number of para-hydroxylation sites is 2. The van der Waals surface area contributed by atoms with Crippen molar-refractivity contribution in [3.63, 3.8) is 0 Å². The van der Waals surface area contributed by atoms with Gasteiger partial charge in [0.2, 0.25) is 0 Å². The first-order valence-corrected chi connectivity index (χ1v) is 20.8. The summed E-state index contributed by atoms with van der Waals surface area (Å²) in [6.45, 7) is 0. The third-order valence-corrected chi connectivity index (χ3v) is 12.4. The SMILES string of the molecule is c1ccc(-c2ccccc2N(c2ccc3c(c2)C(c2ccccc2)(c2ccccc2)c2ccccc2-3)c2ccccc2-c2ccc(-c3ccccc3)c3ccccc23)cc1. The van der Waals surface area contributed by atoms with E-state index in [2.05, 4.69) is 254 Å². The lowest BCUT2D eigenvalue weighted by molar-refractivity contribution is 0.768. The Morgan fingerprint density at radius 2 is 0.683 bits per heavy atom. The van der Waals surface area contributed by atoms with Crippen molar-refractivity contribution in [1.82, 2.24) is 0 Å². The number of anilines is 3. The molecule has 282 valence electrons. The normalized spacial score (nSPS) is 12.5. The summed E-state index contributed by atoms with van der Waals surface area (Å²) in [5.41, 5.74) is 17.5. The average molecular weight is 764 g/mol. The van der Waals surface area contributed by atoms with Crippen molar-refractivity contribution >= 4 is 27.8 Å². The molecule has 0 unspecified atom stereocenters. The van der Waals surface area contributed by atoms with Crippen molar-refractivity contribution in [3.8, 4) is 44.5 Å². The Morgan fingerprint density at radius 3 is 1.32 bits per heavy atom. The molecule has 11 rings (SSSR count). The Hall–Kier alpha value is -7.74. The van der Waals surface area contributed by atoms with Crippen molar-refractivity contribution in [2.45, 2.75) is 5.41 Å². The lowest BCUT2D eigenvalue weighted by Gasteiger charge is -2.35. The van der Waals surface area contributed by atoms with Gasteiger partial charge in [-0.05, 0) is 90.7 Å². The summed E-state index contributed by atoms with van der Waals surface area (Å²) < 4.78 is 0. The number of hydrogen-bond acceptors (Lipinski definition) is 1. The maximum Gasteiger partial charge on any atom is 0.0714 e. The molecule has 10 aromatic carbocycles. The third kappa shape index (κ3) is 5.70. The first-order valence-electron chi connectivity index (χ1n) is 20.8. The smallest absolute Gasteiger partial charge is 0.0714 e. The lowest BCUT2D eigenvalue weighted by atomic mass is 9.67. The van der Waals surface area contributed by atoms with Crippen LogP contribution in [0.5, 0.6) is 0 Å². The van der Waals surface area contributed by atoms with E-state index in [1.54, 1.807) is 0 Å². The van der Waals surface area contributed by atoms with E-state index in [-0.39, 0.29) is 0 Å². The van der Waals surface area contributed by atoms with Crippen LogP contribution in [0.1, 0.15) is 22.3 Å². The zero-order valence-electron chi connectivity index (χ0n) is 33.1. The van der Waals surface area contributed by atoms with E-state index in [1.165, 1.54) is 72.0 Å². The van der Waals surface area contributed by atoms with Gasteiger partial charge in [0.05, 0.1) is 16.8 Å². The molecule has 0 spiro atoms. The van der Waals surface area contributed by atoms with Crippen molar-refractivity contribution in [3.05, 3.63) is 271 Å². The Balaban J connectivity index is 1.20. The molecule has 0 atom stereocenters. The molecule has 1 aliphatic carbocycles. The van der Waals surface area contributed by atoms with Gasteiger partial charge in [0.25, 0.3) is 0 Å². The summed E-state index contributed by atoms with van der Waals surface area (Å²) in [7, 11) is 0. The van der Waals surface area contributed by atoms with Crippen LogP contribution in [-0.2, 0) is 5.41 Å². The number of nitrogens with zero attached hydrogens (tertiary/aromatic N) is 1. The van der Waals surface area contributed by atoms with Gasteiger partial charge in [-0.15, -0.1) is 0 Å². The van der Waals surface area contributed by atoms with Crippen LogP contribution in [0.4, 0.5) is 17.1 Å². The lowest BCUT2D eigenvalue weighted by Crippen LogP contribution is -2.28. The Bertz CT molecular complexity index is 3090. The van der Waals surface area contributed by atoms with Gasteiger partial charge in [-0.2, -0.15) is 0 Å². The summed E-state index contributed by atoms with van der Waals surface area (Å²) in [6, 6.07) is 91.1. The maximum atomic E-state index is 2.50. The molecule has 0 saturated heterocycles. The van der Waals surface area contributed by atoms with Crippen LogP contribution in [-0.4, -0.2) is 0 Å². The summed E-state index contributed by atoms with van der Waals surface area (Å²) >= 11 is 0. The Kier molecular flexibility index (Phi) is 8.79. The van der Waals surface area contributed by atoms with Crippen molar-refractivity contribution < 1.29 is 0 Å². The highest BCUT2D eigenvalue weighted by Crippen LogP contribution is 2.58. The van der Waals surface area contributed by atoms with Crippen LogP contribution >= 0.6 is 0 Å². The molecule has 0 bridgehead atoms. The molecule has 10 aromatic rings. The molecule has 60 heavy (non-hydrogen) atoms. The molecule has 0 saturated carbocycles. The van der Waals surface area contributed by atoms with Gasteiger partial charge < -0.3 is 4.90 Å². The first kappa shape index (κ1) is 35.4. The predicted octanol–water partition coefficient (Wildman–Crippen LogP) is 15.7. The molecular formula is C59H41N. The second-order valence-corrected chi connectivity index (χ2v) is 15.6. The Labute approximate surface area is 352 Å². The van der Waals surface area contributed by atoms with Gasteiger partial charge in [0.15, 0.2) is 0 Å². The summed E-state index contributed by atoms with van der Waals surface area (Å²) in [5.74, 6) is 0. The van der Waals surface area contributed by atoms with E-state index >= 15 is 0 Å². The van der Waals surface area contributed by atoms with E-state index in [4.69, 9.17) is 0 Å². The fourth-order valence-electron chi connectivity index (χ4n) is 9.81. The molecule has 0 amide bonds. The standard InChI is InChI=1S/C59H41N/c1-5-21-42(22-6-1)47-39-40-51(50-31-14-13-30-49(47)50)54-33-17-20-36-58(54)60(57-35-19-16-29-48(57)43-23-7-2-8-24-43)46-37-38-53-52-32-15-18-34-55(52)59(56(53)41-46,44-25-9-3-10-26-44)45-27-11-4-12-28-45/h1-41H. The highest BCUT2D eigenvalue weighted by atomic mass is 15.1. The quantitative estimate of drug-likeness (QED) is 0.149. The van der Waals surface area contributed by atoms with Gasteiger partial charge in [-0.3, -0.25) is 0 Å². The summed E-state index contributed by atoms with van der Waals surface area (Å²) in [5, 5.41) is 2.46. The van der Waals surface area contributed by atoms with Crippen LogP contribution in [0.3, 0.4) is 0 Å². The highest BCUT2D eigenvalue weighted by molar-refractivity contribution is 6.08. The van der Waals surface area contributed by atoms with E-state index < -0.39 is 5.41 Å². The molecule has 0 aliphatic heterocycles. The second-order valence-electron chi connectivity index (χ2n) is 15.6. The number of fused-ring (bicyclic) bond motifs is 4. The summed E-state index contributed by atoms with van der Waals surface area (Å²) in [4.78, 5) is 2.50. The molecule has 1 heteroatoms. The van der Waals surface area contributed by atoms with Crippen molar-refractivity contribution in [2.75, 3.05) is 4.90 Å². The molecular weight excluding hydrogens is 723 g/mol. The van der Waals surface area contributed by atoms with E-state index in [0.29, 0.717) is 0 Å². The van der Waals surface area contributed by atoms with E-state index in [1.807, 2.05) is 0 Å². The minimum absolute atomic E-state index is 0.530. The van der Waals surface area contributed by atoms with Crippen molar-refractivity contribution in [1.29, 1.82) is 0 Å². The van der Waals surface area contributed by atoms with Crippen LogP contribution < -0.4 is 4.90 Å². The maximum absolute atomic E-state index is 2.50. The number of rotatable bonds is 8. The molecule has 0 fully saturated rings. The molecule has 1 aliphatic rings. The van der Waals surface area contributed by atoms with Gasteiger partial charge in [-0.1, -0.05) is 224 Å². The fourth-order valence-corrected chi connectivity index (χ4v) is 9.81. The topological polar surface area (TPSA) is 3.24 Å². The predicted molar refractivity (Wildman–Crippen MR) is 252 cm³/mol. The van der Waals surface area contributed by atoms with Crippen LogP contribution in [0.2, 0.25) is 0 Å². The molecule has 0 N–H and O–H groups in total. The third-order valence-electron chi connectivity index (χ3n) is 12.4. The molecule has 0 heterocycles. The van der Waals surface area contributed by atoms with Crippen LogP contribution in [0.15, 0.2) is 249 Å². The minimum atomic E-state index is -0.530. The fraction of sp³-hybridized carbons (Fsp3) is 0.0169. The molecule has 1 nitrogen and oxygen atoms in total. The van der Waals surface area contributed by atoms with Gasteiger partial charge >= 0.3 is 0 Å². The number of benzene rings is 10. The largest absolute Gasteiger partial charge is 0.309 e. The first-order chi connectivity index (χ1) is 29.8.